The van der Waals surface area contributed by atoms with Crippen molar-refractivity contribution in [2.24, 2.45) is 0 Å². The summed E-state index contributed by atoms with van der Waals surface area (Å²) in [5.74, 6) is -1.13. The summed E-state index contributed by atoms with van der Waals surface area (Å²) in [5, 5.41) is 19.4. The zero-order chi connectivity index (χ0) is 14.5. The van der Waals surface area contributed by atoms with E-state index in [1.54, 1.807) is 0 Å². The van der Waals surface area contributed by atoms with Crippen molar-refractivity contribution in [1.29, 1.82) is 0 Å². The number of benzene rings is 2. The molecule has 2 N–H and O–H groups in total. The van der Waals surface area contributed by atoms with Gasteiger partial charge < -0.3 is 14.9 Å². The first-order valence-electron chi connectivity index (χ1n) is 6.02. The Morgan fingerprint density at radius 1 is 1.15 bits per heavy atom. The number of aromatic hydroxyl groups is 2. The number of phenols is 2. The Morgan fingerprint density at radius 2 is 1.85 bits per heavy atom. The molecular formula is C16H14O4. The van der Waals surface area contributed by atoms with Crippen LogP contribution in [0.1, 0.15) is 21.5 Å². The van der Waals surface area contributed by atoms with Crippen LogP contribution in [0.2, 0.25) is 0 Å². The Hall–Kier alpha value is -2.75. The number of phenolic OH excluding ortho intramolecular Hbond substituents is 2. The van der Waals surface area contributed by atoms with Gasteiger partial charge in [0.15, 0.2) is 0 Å². The van der Waals surface area contributed by atoms with E-state index in [1.165, 1.54) is 18.2 Å². The van der Waals surface area contributed by atoms with Gasteiger partial charge >= 0.3 is 5.97 Å². The van der Waals surface area contributed by atoms with Crippen LogP contribution >= 0.6 is 0 Å². The zero-order valence-electron chi connectivity index (χ0n) is 10.7. The van der Waals surface area contributed by atoms with E-state index in [0.717, 1.165) is 5.56 Å². The molecule has 0 saturated carbocycles. The van der Waals surface area contributed by atoms with Gasteiger partial charge in [-0.25, -0.2) is 4.79 Å². The van der Waals surface area contributed by atoms with Gasteiger partial charge in [0.2, 0.25) is 0 Å². The van der Waals surface area contributed by atoms with Crippen molar-refractivity contribution in [3.63, 3.8) is 0 Å². The zero-order valence-corrected chi connectivity index (χ0v) is 10.7. The smallest absolute Gasteiger partial charge is 0.342 e. The lowest BCUT2D eigenvalue weighted by Gasteiger charge is -2.09. The molecule has 0 heterocycles. The van der Waals surface area contributed by atoms with Crippen molar-refractivity contribution in [2.75, 3.05) is 0 Å². The molecular weight excluding hydrogens is 256 g/mol. The molecule has 0 bridgehead atoms. The van der Waals surface area contributed by atoms with Crippen LogP contribution in [-0.2, 0) is 11.3 Å². The highest BCUT2D eigenvalue weighted by Crippen LogP contribution is 2.31. The quantitative estimate of drug-likeness (QED) is 0.838. The molecule has 102 valence electrons. The second-order valence-electron chi connectivity index (χ2n) is 4.16. The molecule has 0 atom stereocenters. The molecule has 4 heteroatoms. The Balaban J connectivity index is 2.16. The predicted molar refractivity (Wildman–Crippen MR) is 75.4 cm³/mol. The maximum atomic E-state index is 11.9. The summed E-state index contributed by atoms with van der Waals surface area (Å²) in [7, 11) is 0. The Morgan fingerprint density at radius 3 is 2.50 bits per heavy atom. The summed E-state index contributed by atoms with van der Waals surface area (Å²) in [6.07, 6.45) is 1.28. The summed E-state index contributed by atoms with van der Waals surface area (Å²) >= 11 is 0. The molecule has 0 saturated heterocycles. The summed E-state index contributed by atoms with van der Waals surface area (Å²) in [6.45, 7) is 3.59. The van der Waals surface area contributed by atoms with E-state index in [-0.39, 0.29) is 29.2 Å². The average molecular weight is 270 g/mol. The second kappa shape index (κ2) is 5.93. The Kier molecular flexibility index (Phi) is 4.05. The van der Waals surface area contributed by atoms with Crippen molar-refractivity contribution < 1.29 is 19.7 Å². The minimum absolute atomic E-state index is 0.00590. The van der Waals surface area contributed by atoms with E-state index in [4.69, 9.17) is 4.74 Å². The van der Waals surface area contributed by atoms with Crippen LogP contribution in [0.15, 0.2) is 49.0 Å². The molecule has 0 unspecified atom stereocenters. The maximum Gasteiger partial charge on any atom is 0.342 e. The van der Waals surface area contributed by atoms with Crippen LogP contribution in [0.25, 0.3) is 6.08 Å². The summed E-state index contributed by atoms with van der Waals surface area (Å²) in [4.78, 5) is 11.9. The number of ether oxygens (including phenoxy) is 1. The summed E-state index contributed by atoms with van der Waals surface area (Å²) < 4.78 is 5.12. The minimum Gasteiger partial charge on any atom is -0.507 e. The van der Waals surface area contributed by atoms with Crippen molar-refractivity contribution in [3.8, 4) is 11.5 Å². The highest BCUT2D eigenvalue weighted by Gasteiger charge is 2.17. The van der Waals surface area contributed by atoms with Gasteiger partial charge in [0.25, 0.3) is 0 Å². The molecule has 0 aliphatic heterocycles. The standard InChI is InChI=1S/C16H14O4/c1-2-12-14(17)9-8-13(15(12)18)16(19)20-10-11-6-4-3-5-7-11/h2-9,17-18H,1,10H2. The van der Waals surface area contributed by atoms with Gasteiger partial charge in [0.05, 0.1) is 5.56 Å². The minimum atomic E-state index is -0.658. The molecule has 0 radical (unpaired) electrons. The van der Waals surface area contributed by atoms with Crippen molar-refractivity contribution in [3.05, 3.63) is 65.7 Å². The van der Waals surface area contributed by atoms with E-state index in [2.05, 4.69) is 6.58 Å². The fraction of sp³-hybridized carbons (Fsp3) is 0.0625. The Labute approximate surface area is 116 Å². The molecule has 0 aliphatic carbocycles. The first kappa shape index (κ1) is 13.7. The molecule has 0 aliphatic rings. The van der Waals surface area contributed by atoms with Gasteiger partial charge in [-0.2, -0.15) is 0 Å². The van der Waals surface area contributed by atoms with Crippen LogP contribution in [-0.4, -0.2) is 16.2 Å². The third kappa shape index (κ3) is 2.80. The normalized spacial score (nSPS) is 10.0. The van der Waals surface area contributed by atoms with E-state index >= 15 is 0 Å². The maximum absolute atomic E-state index is 11.9. The topological polar surface area (TPSA) is 66.8 Å². The van der Waals surface area contributed by atoms with E-state index in [0.29, 0.717) is 0 Å². The van der Waals surface area contributed by atoms with Crippen molar-refractivity contribution in [1.82, 2.24) is 0 Å². The van der Waals surface area contributed by atoms with Gasteiger partial charge in [0, 0.05) is 0 Å². The lowest BCUT2D eigenvalue weighted by atomic mass is 10.1. The number of carbonyl (C=O) groups excluding carboxylic acids is 1. The van der Waals surface area contributed by atoms with Crippen LogP contribution in [0.3, 0.4) is 0 Å². The van der Waals surface area contributed by atoms with E-state index in [9.17, 15) is 15.0 Å². The molecule has 0 spiro atoms. The molecule has 2 aromatic carbocycles. The van der Waals surface area contributed by atoms with Crippen LogP contribution < -0.4 is 0 Å². The van der Waals surface area contributed by atoms with Gasteiger partial charge in [-0.05, 0) is 17.7 Å². The van der Waals surface area contributed by atoms with Gasteiger partial charge in [-0.15, -0.1) is 0 Å². The highest BCUT2D eigenvalue weighted by atomic mass is 16.5. The third-order valence-corrected chi connectivity index (χ3v) is 2.83. The SMILES string of the molecule is C=Cc1c(O)ccc(C(=O)OCc2ccccc2)c1O. The summed E-state index contributed by atoms with van der Waals surface area (Å²) in [6, 6.07) is 11.8. The van der Waals surface area contributed by atoms with Crippen LogP contribution in [0.4, 0.5) is 0 Å². The monoisotopic (exact) mass is 270 g/mol. The highest BCUT2D eigenvalue weighted by molar-refractivity contribution is 5.94. The average Bonchev–Trinajstić information content (AvgIpc) is 2.46. The molecule has 2 rings (SSSR count). The lowest BCUT2D eigenvalue weighted by molar-refractivity contribution is 0.0469. The molecule has 0 amide bonds. The largest absolute Gasteiger partial charge is 0.507 e. The van der Waals surface area contributed by atoms with E-state index in [1.807, 2.05) is 30.3 Å². The fourth-order valence-electron chi connectivity index (χ4n) is 1.76. The number of rotatable bonds is 4. The van der Waals surface area contributed by atoms with Crippen LogP contribution in [0, 0.1) is 0 Å². The number of esters is 1. The van der Waals surface area contributed by atoms with Crippen molar-refractivity contribution in [2.45, 2.75) is 6.61 Å². The molecule has 4 nitrogen and oxygen atoms in total. The first-order valence-corrected chi connectivity index (χ1v) is 6.02. The lowest BCUT2D eigenvalue weighted by Crippen LogP contribution is -2.06. The van der Waals surface area contributed by atoms with E-state index < -0.39 is 5.97 Å². The second-order valence-corrected chi connectivity index (χ2v) is 4.16. The van der Waals surface area contributed by atoms with Crippen molar-refractivity contribution >= 4 is 12.0 Å². The molecule has 0 fully saturated rings. The first-order chi connectivity index (χ1) is 9.63. The van der Waals surface area contributed by atoms with Gasteiger partial charge in [-0.1, -0.05) is 43.0 Å². The molecule has 20 heavy (non-hydrogen) atoms. The van der Waals surface area contributed by atoms with Gasteiger partial charge in [0.1, 0.15) is 23.7 Å². The Bertz CT molecular complexity index is 632. The molecule has 0 aromatic heterocycles. The number of hydrogen-bond donors (Lipinski definition) is 2. The number of carbonyl (C=O) groups is 1. The third-order valence-electron chi connectivity index (χ3n) is 2.83. The fourth-order valence-corrected chi connectivity index (χ4v) is 1.76. The van der Waals surface area contributed by atoms with Crippen LogP contribution in [0.5, 0.6) is 11.5 Å². The summed E-state index contributed by atoms with van der Waals surface area (Å²) in [5.41, 5.74) is 0.954. The molecule has 2 aromatic rings. The number of hydrogen-bond acceptors (Lipinski definition) is 4. The predicted octanol–water partition coefficient (Wildman–Crippen LogP) is 3.10. The van der Waals surface area contributed by atoms with Gasteiger partial charge in [-0.3, -0.25) is 0 Å².